The number of pyridine rings is 2. The third-order valence-electron chi connectivity index (χ3n) is 7.76. The lowest BCUT2D eigenvalue weighted by Crippen LogP contribution is -2.43. The number of amides is 1. The Bertz CT molecular complexity index is 1460. The predicted octanol–water partition coefficient (Wildman–Crippen LogP) is 4.72. The van der Waals surface area contributed by atoms with Crippen LogP contribution in [-0.2, 0) is 4.74 Å². The molecule has 0 radical (unpaired) electrons. The summed E-state index contributed by atoms with van der Waals surface area (Å²) in [6, 6.07) is 6.06. The molecule has 0 bridgehead atoms. The third-order valence-corrected chi connectivity index (χ3v) is 7.76. The van der Waals surface area contributed by atoms with Gasteiger partial charge in [-0.2, -0.15) is 5.10 Å². The minimum Gasteiger partial charge on any atom is -0.492 e. The normalized spacial score (nSPS) is 19.5. The summed E-state index contributed by atoms with van der Waals surface area (Å²) in [7, 11) is 0. The summed E-state index contributed by atoms with van der Waals surface area (Å²) in [4.78, 5) is 20.2. The van der Waals surface area contributed by atoms with Crippen molar-refractivity contribution in [2.45, 2.75) is 58.6 Å². The van der Waals surface area contributed by atoms with E-state index in [0.29, 0.717) is 13.2 Å². The first kappa shape index (κ1) is 24.7. The average molecular weight is 518 g/mol. The number of ether oxygens (including phenoxy) is 2. The molecule has 4 aromatic heterocycles. The van der Waals surface area contributed by atoms with E-state index in [1.807, 2.05) is 55.6 Å². The highest BCUT2D eigenvalue weighted by Gasteiger charge is 2.51. The number of carbonyl (C=O) groups is 1. The molecule has 6 heterocycles. The number of aromatic amines is 1. The molecule has 6 rings (SSSR count). The van der Waals surface area contributed by atoms with Crippen LogP contribution in [0, 0.1) is 5.41 Å². The average Bonchev–Trinajstić information content (AvgIpc) is 3.57. The molecule has 1 atom stereocenters. The van der Waals surface area contributed by atoms with Crippen LogP contribution in [0.5, 0.6) is 5.75 Å². The van der Waals surface area contributed by atoms with Gasteiger partial charge in [0.05, 0.1) is 41.6 Å². The number of hydrogen-bond acceptors (Lipinski definition) is 7. The molecule has 2 N–H and O–H groups in total. The summed E-state index contributed by atoms with van der Waals surface area (Å²) in [6.07, 6.45) is 8.28. The van der Waals surface area contributed by atoms with Crippen molar-refractivity contribution in [1.29, 1.82) is 0 Å². The minimum atomic E-state index is -0.552. The van der Waals surface area contributed by atoms with E-state index in [2.05, 4.69) is 32.7 Å². The molecule has 2 aliphatic rings. The first-order chi connectivity index (χ1) is 18.3. The van der Waals surface area contributed by atoms with Gasteiger partial charge in [-0.1, -0.05) is 6.07 Å². The maximum absolute atomic E-state index is 13.3. The van der Waals surface area contributed by atoms with E-state index >= 15 is 0 Å². The van der Waals surface area contributed by atoms with Crippen molar-refractivity contribution >= 4 is 22.6 Å². The first-order valence-corrected chi connectivity index (χ1v) is 13.4. The van der Waals surface area contributed by atoms with Crippen LogP contribution in [0.25, 0.3) is 27.7 Å². The Hall–Kier alpha value is -3.66. The van der Waals surface area contributed by atoms with E-state index in [-0.39, 0.29) is 17.6 Å². The number of rotatable bonds is 4. The lowest BCUT2D eigenvalue weighted by molar-refractivity contribution is 0.0124. The van der Waals surface area contributed by atoms with E-state index in [1.54, 1.807) is 6.20 Å². The molecule has 0 aromatic carbocycles. The van der Waals surface area contributed by atoms with Crippen molar-refractivity contribution in [1.82, 2.24) is 35.0 Å². The van der Waals surface area contributed by atoms with Crippen molar-refractivity contribution < 1.29 is 14.3 Å². The molecule has 0 saturated carbocycles. The summed E-state index contributed by atoms with van der Waals surface area (Å²) in [5, 5.41) is 16.2. The maximum Gasteiger partial charge on any atom is 0.410 e. The Morgan fingerprint density at radius 2 is 2.00 bits per heavy atom. The lowest BCUT2D eigenvalue weighted by atomic mass is 9.71. The van der Waals surface area contributed by atoms with E-state index < -0.39 is 5.60 Å². The number of hydrogen-bond donors (Lipinski definition) is 2. The molecule has 1 amide bonds. The second-order valence-electron chi connectivity index (χ2n) is 11.4. The van der Waals surface area contributed by atoms with Crippen LogP contribution in [-0.4, -0.2) is 67.6 Å². The van der Waals surface area contributed by atoms with Gasteiger partial charge >= 0.3 is 6.09 Å². The molecular weight excluding hydrogens is 482 g/mol. The zero-order valence-corrected chi connectivity index (χ0v) is 22.5. The second kappa shape index (κ2) is 9.27. The molecule has 2 saturated heterocycles. The van der Waals surface area contributed by atoms with Crippen molar-refractivity contribution in [2.24, 2.45) is 5.41 Å². The largest absolute Gasteiger partial charge is 0.492 e. The zero-order valence-electron chi connectivity index (χ0n) is 22.5. The number of likely N-dealkylation sites (tertiary alicyclic amines) is 1. The molecule has 1 unspecified atom stereocenters. The van der Waals surface area contributed by atoms with Crippen LogP contribution in [0.15, 0.2) is 36.8 Å². The summed E-state index contributed by atoms with van der Waals surface area (Å²) in [6.45, 7) is 10.8. The third kappa shape index (κ3) is 4.26. The first-order valence-electron chi connectivity index (χ1n) is 13.4. The molecule has 38 heavy (non-hydrogen) atoms. The van der Waals surface area contributed by atoms with Crippen LogP contribution in [0.3, 0.4) is 0 Å². The number of aromatic nitrogens is 5. The van der Waals surface area contributed by atoms with Gasteiger partial charge in [0.1, 0.15) is 11.4 Å². The van der Waals surface area contributed by atoms with Crippen LogP contribution >= 0.6 is 0 Å². The van der Waals surface area contributed by atoms with Gasteiger partial charge in [0.15, 0.2) is 5.65 Å². The molecule has 10 nitrogen and oxygen atoms in total. The molecule has 0 aliphatic carbocycles. The van der Waals surface area contributed by atoms with E-state index in [4.69, 9.17) is 14.5 Å². The van der Waals surface area contributed by atoms with Gasteiger partial charge in [-0.3, -0.25) is 15.0 Å². The van der Waals surface area contributed by atoms with E-state index in [9.17, 15) is 4.79 Å². The number of piperidine rings is 1. The summed E-state index contributed by atoms with van der Waals surface area (Å²) < 4.78 is 13.5. The number of nitrogens with zero attached hydrogens (tertiary/aromatic N) is 5. The number of carbonyl (C=O) groups excluding carboxylic acids is 1. The highest BCUT2D eigenvalue weighted by atomic mass is 16.6. The van der Waals surface area contributed by atoms with Crippen molar-refractivity contribution in [3.63, 3.8) is 0 Å². The monoisotopic (exact) mass is 517 g/mol. The summed E-state index contributed by atoms with van der Waals surface area (Å²) in [5.74, 6) is 0.734. The summed E-state index contributed by atoms with van der Waals surface area (Å²) >= 11 is 0. The van der Waals surface area contributed by atoms with Crippen molar-refractivity contribution in [2.75, 3.05) is 26.2 Å². The molecular formula is C28H35N7O3. The smallest absolute Gasteiger partial charge is 0.410 e. The molecule has 200 valence electrons. The molecule has 4 aromatic rings. The van der Waals surface area contributed by atoms with Gasteiger partial charge in [0, 0.05) is 29.3 Å². The number of fused-ring (bicyclic) bond motifs is 3. The Morgan fingerprint density at radius 1 is 1.18 bits per heavy atom. The fraction of sp³-hybridized carbons (Fsp3) is 0.500. The Labute approximate surface area is 221 Å². The Morgan fingerprint density at radius 3 is 2.71 bits per heavy atom. The molecule has 10 heteroatoms. The van der Waals surface area contributed by atoms with Gasteiger partial charge in [0.25, 0.3) is 0 Å². The van der Waals surface area contributed by atoms with Gasteiger partial charge < -0.3 is 14.8 Å². The highest BCUT2D eigenvalue weighted by Crippen LogP contribution is 2.52. The predicted molar refractivity (Wildman–Crippen MR) is 144 cm³/mol. The van der Waals surface area contributed by atoms with E-state index in [1.165, 1.54) is 0 Å². The molecule has 2 aliphatic heterocycles. The number of nitrogens with one attached hydrogen (secondary N) is 2. The van der Waals surface area contributed by atoms with Crippen molar-refractivity contribution in [3.8, 4) is 16.9 Å². The topological polar surface area (TPSA) is 110 Å². The van der Waals surface area contributed by atoms with Crippen LogP contribution < -0.4 is 10.1 Å². The van der Waals surface area contributed by atoms with Gasteiger partial charge in [-0.05, 0) is 72.2 Å². The molecule has 2 fully saturated rings. The van der Waals surface area contributed by atoms with Gasteiger partial charge in [0.2, 0.25) is 0 Å². The van der Waals surface area contributed by atoms with Crippen LogP contribution in [0.2, 0.25) is 0 Å². The van der Waals surface area contributed by atoms with E-state index in [0.717, 1.165) is 71.5 Å². The quantitative estimate of drug-likeness (QED) is 0.403. The van der Waals surface area contributed by atoms with Gasteiger partial charge in [-0.25, -0.2) is 9.31 Å². The Balaban J connectivity index is 1.41. The fourth-order valence-electron chi connectivity index (χ4n) is 6.11. The van der Waals surface area contributed by atoms with Crippen LogP contribution in [0.4, 0.5) is 4.79 Å². The summed E-state index contributed by atoms with van der Waals surface area (Å²) in [5.41, 5.74) is 3.92. The van der Waals surface area contributed by atoms with Crippen LogP contribution in [0.1, 0.15) is 58.7 Å². The number of H-pyrrole nitrogens is 1. The second-order valence-corrected chi connectivity index (χ2v) is 11.4. The molecule has 1 spiro atoms. The standard InChI is InChI=1S/C28H35N7O3/c1-5-37-19-14-20(23-21-16-31-32-25(21)33-35(23)17-19)18-6-7-22(30-15-18)24-28(8-11-29-12-9-28)10-13-34(24)26(36)38-27(2,3)4/h6-7,14-17,24,29H,5,8-13H2,1-4H3,(H,32,33). The zero-order chi connectivity index (χ0) is 26.5. The SMILES string of the molecule is CCOc1cc(-c2ccc(C3N(C(=O)OC(C)(C)C)CCC34CCNCC4)nc2)c2c3cn[nH]c3nn2c1. The fourth-order valence-corrected chi connectivity index (χ4v) is 6.11. The van der Waals surface area contributed by atoms with Crippen molar-refractivity contribution in [3.05, 3.63) is 42.5 Å². The minimum absolute atomic E-state index is 0.00672. The Kier molecular flexibility index (Phi) is 6.02. The lowest BCUT2D eigenvalue weighted by Gasteiger charge is -2.41. The highest BCUT2D eigenvalue weighted by molar-refractivity contribution is 6.00. The maximum atomic E-state index is 13.3. The van der Waals surface area contributed by atoms with Gasteiger partial charge in [-0.15, -0.1) is 5.10 Å².